The highest BCUT2D eigenvalue weighted by atomic mass is 16.5. The van der Waals surface area contributed by atoms with Gasteiger partial charge in [-0.3, -0.25) is 0 Å². The minimum atomic E-state index is -0.218. The van der Waals surface area contributed by atoms with E-state index in [1.165, 1.54) is 16.7 Å². The third-order valence-corrected chi connectivity index (χ3v) is 7.15. The van der Waals surface area contributed by atoms with Crippen LogP contribution in [0.1, 0.15) is 71.9 Å². The average molecular weight is 380 g/mol. The molecular weight excluding hydrogens is 346 g/mol. The number of piperidine rings is 1. The highest BCUT2D eigenvalue weighted by Crippen LogP contribution is 2.57. The Morgan fingerprint density at radius 2 is 1.61 bits per heavy atom. The van der Waals surface area contributed by atoms with Gasteiger partial charge >= 0.3 is 0 Å². The van der Waals surface area contributed by atoms with Crippen molar-refractivity contribution in [2.75, 3.05) is 20.1 Å². The molecule has 0 bridgehead atoms. The fourth-order valence-electron chi connectivity index (χ4n) is 5.06. The Kier molecular flexibility index (Phi) is 4.70. The summed E-state index contributed by atoms with van der Waals surface area (Å²) in [5.41, 5.74) is 6.64. The number of ether oxygens (including phenoxy) is 1. The van der Waals surface area contributed by atoms with E-state index >= 15 is 0 Å². The summed E-state index contributed by atoms with van der Waals surface area (Å²) in [6, 6.07) is 9.09. The number of aromatic hydroxyl groups is 1. The van der Waals surface area contributed by atoms with E-state index in [2.05, 4.69) is 57.0 Å². The lowest BCUT2D eigenvalue weighted by Gasteiger charge is -2.41. The second-order valence-electron chi connectivity index (χ2n) is 9.19. The van der Waals surface area contributed by atoms with Crippen LogP contribution in [0.3, 0.4) is 0 Å². The summed E-state index contributed by atoms with van der Waals surface area (Å²) in [6.07, 6.45) is 2.01. The molecule has 2 aliphatic rings. The number of phenols is 1. The number of fused-ring (bicyclic) bond motifs is 1. The van der Waals surface area contributed by atoms with E-state index in [0.717, 1.165) is 48.4 Å². The first-order chi connectivity index (χ1) is 13.2. The molecule has 3 heteroatoms. The zero-order chi connectivity index (χ0) is 20.2. The summed E-state index contributed by atoms with van der Waals surface area (Å²) < 4.78 is 6.84. The molecule has 1 atom stereocenters. The Labute approximate surface area is 169 Å². The SMILES string of the molecule is Cc1c(C)c2c(c(C)c1O)C(c1ccc(C(C)C)cc1)C1(CCN(C)CC1)O2. The van der Waals surface area contributed by atoms with Crippen LogP contribution in [0.15, 0.2) is 24.3 Å². The van der Waals surface area contributed by atoms with Crippen molar-refractivity contribution in [2.45, 2.75) is 64.9 Å². The van der Waals surface area contributed by atoms with Crippen molar-refractivity contribution in [1.82, 2.24) is 4.90 Å². The summed E-state index contributed by atoms with van der Waals surface area (Å²) in [6.45, 7) is 12.7. The summed E-state index contributed by atoms with van der Waals surface area (Å²) in [5, 5.41) is 10.8. The molecule has 2 aromatic rings. The molecule has 1 unspecified atom stereocenters. The van der Waals surface area contributed by atoms with E-state index in [9.17, 15) is 5.11 Å². The maximum Gasteiger partial charge on any atom is 0.127 e. The number of phenolic OH excluding ortho intramolecular Hbond substituents is 1. The zero-order valence-corrected chi connectivity index (χ0v) is 18.1. The maximum absolute atomic E-state index is 10.8. The van der Waals surface area contributed by atoms with E-state index in [1.807, 2.05) is 13.8 Å². The predicted octanol–water partition coefficient (Wildman–Crippen LogP) is 5.43. The van der Waals surface area contributed by atoms with Crippen molar-refractivity contribution in [2.24, 2.45) is 0 Å². The van der Waals surface area contributed by atoms with E-state index in [-0.39, 0.29) is 11.5 Å². The molecule has 1 saturated heterocycles. The summed E-state index contributed by atoms with van der Waals surface area (Å²) >= 11 is 0. The van der Waals surface area contributed by atoms with Gasteiger partial charge in [-0.1, -0.05) is 38.1 Å². The summed E-state index contributed by atoms with van der Waals surface area (Å²) in [5.74, 6) is 2.13. The molecule has 0 radical (unpaired) electrons. The van der Waals surface area contributed by atoms with Gasteiger partial charge in [-0.05, 0) is 61.6 Å². The monoisotopic (exact) mass is 379 g/mol. The molecule has 28 heavy (non-hydrogen) atoms. The molecule has 1 spiro atoms. The fourth-order valence-corrected chi connectivity index (χ4v) is 5.06. The van der Waals surface area contributed by atoms with Crippen LogP contribution in [0, 0.1) is 20.8 Å². The van der Waals surface area contributed by atoms with Gasteiger partial charge in [0.15, 0.2) is 0 Å². The maximum atomic E-state index is 10.8. The van der Waals surface area contributed by atoms with Crippen LogP contribution in [0.4, 0.5) is 0 Å². The standard InChI is InChI=1S/C25H33NO2/c1-15(2)19-7-9-20(10-8-19)22-21-18(5)23(27)16(3)17(4)24(21)28-25(22)11-13-26(6)14-12-25/h7-10,15,22,27H,11-14H2,1-6H3. The van der Waals surface area contributed by atoms with Crippen LogP contribution in [0.2, 0.25) is 0 Å². The number of rotatable bonds is 2. The Morgan fingerprint density at radius 1 is 1.00 bits per heavy atom. The van der Waals surface area contributed by atoms with Gasteiger partial charge in [-0.25, -0.2) is 0 Å². The Balaban J connectivity index is 1.90. The molecular formula is C25H33NO2. The second kappa shape index (κ2) is 6.81. The summed E-state index contributed by atoms with van der Waals surface area (Å²) in [4.78, 5) is 2.39. The van der Waals surface area contributed by atoms with Crippen molar-refractivity contribution in [3.63, 3.8) is 0 Å². The van der Waals surface area contributed by atoms with Crippen molar-refractivity contribution in [3.8, 4) is 11.5 Å². The molecule has 1 fully saturated rings. The van der Waals surface area contributed by atoms with E-state index in [1.54, 1.807) is 0 Å². The smallest absolute Gasteiger partial charge is 0.127 e. The van der Waals surface area contributed by atoms with E-state index in [0.29, 0.717) is 11.7 Å². The fraction of sp³-hybridized carbons (Fsp3) is 0.520. The van der Waals surface area contributed by atoms with Crippen molar-refractivity contribution < 1.29 is 9.84 Å². The largest absolute Gasteiger partial charge is 0.507 e. The van der Waals surface area contributed by atoms with Gasteiger partial charge in [-0.2, -0.15) is 0 Å². The Hall–Kier alpha value is -2.00. The predicted molar refractivity (Wildman–Crippen MR) is 115 cm³/mol. The van der Waals surface area contributed by atoms with Crippen LogP contribution in [0.25, 0.3) is 0 Å². The van der Waals surface area contributed by atoms with Crippen LogP contribution < -0.4 is 4.74 Å². The normalized spacial score (nSPS) is 21.2. The van der Waals surface area contributed by atoms with E-state index < -0.39 is 0 Å². The number of likely N-dealkylation sites (tertiary alicyclic amines) is 1. The third kappa shape index (κ3) is 2.83. The first-order valence-electron chi connectivity index (χ1n) is 10.5. The van der Waals surface area contributed by atoms with Crippen molar-refractivity contribution in [1.29, 1.82) is 0 Å². The lowest BCUT2D eigenvalue weighted by Crippen LogP contribution is -2.48. The van der Waals surface area contributed by atoms with Crippen LogP contribution in [-0.2, 0) is 0 Å². The number of benzene rings is 2. The van der Waals surface area contributed by atoms with Crippen molar-refractivity contribution >= 4 is 0 Å². The second-order valence-corrected chi connectivity index (χ2v) is 9.19. The highest BCUT2D eigenvalue weighted by Gasteiger charge is 2.52. The topological polar surface area (TPSA) is 32.7 Å². The molecule has 1 N–H and O–H groups in total. The first-order valence-corrected chi connectivity index (χ1v) is 10.5. The van der Waals surface area contributed by atoms with Gasteiger partial charge in [0.25, 0.3) is 0 Å². The number of hydrogen-bond donors (Lipinski definition) is 1. The van der Waals surface area contributed by atoms with Gasteiger partial charge in [0.2, 0.25) is 0 Å². The van der Waals surface area contributed by atoms with E-state index in [4.69, 9.17) is 4.74 Å². The lowest BCUT2D eigenvalue weighted by atomic mass is 9.72. The molecule has 150 valence electrons. The molecule has 4 rings (SSSR count). The molecule has 2 heterocycles. The number of nitrogens with zero attached hydrogens (tertiary/aromatic N) is 1. The molecule has 2 aromatic carbocycles. The van der Waals surface area contributed by atoms with Crippen LogP contribution in [-0.4, -0.2) is 35.7 Å². The molecule has 2 aliphatic heterocycles. The molecule has 0 aliphatic carbocycles. The Morgan fingerprint density at radius 3 is 2.18 bits per heavy atom. The third-order valence-electron chi connectivity index (χ3n) is 7.15. The van der Waals surface area contributed by atoms with Gasteiger partial charge < -0.3 is 14.7 Å². The summed E-state index contributed by atoms with van der Waals surface area (Å²) in [7, 11) is 2.19. The number of hydrogen-bond acceptors (Lipinski definition) is 3. The minimum absolute atomic E-state index is 0.169. The quantitative estimate of drug-likeness (QED) is 0.755. The van der Waals surface area contributed by atoms with Gasteiger partial charge in [0.05, 0.1) is 5.92 Å². The van der Waals surface area contributed by atoms with Gasteiger partial charge in [-0.15, -0.1) is 0 Å². The Bertz CT molecular complexity index is 890. The molecule has 3 nitrogen and oxygen atoms in total. The highest BCUT2D eigenvalue weighted by molar-refractivity contribution is 5.64. The van der Waals surface area contributed by atoms with Gasteiger partial charge in [0.1, 0.15) is 17.1 Å². The molecule has 0 saturated carbocycles. The van der Waals surface area contributed by atoms with Crippen molar-refractivity contribution in [3.05, 3.63) is 57.6 Å². The lowest BCUT2D eigenvalue weighted by molar-refractivity contribution is 0.0145. The zero-order valence-electron chi connectivity index (χ0n) is 18.1. The van der Waals surface area contributed by atoms with Crippen LogP contribution >= 0.6 is 0 Å². The first kappa shape index (κ1) is 19.3. The van der Waals surface area contributed by atoms with Crippen LogP contribution in [0.5, 0.6) is 11.5 Å². The molecule has 0 amide bonds. The molecule has 0 aromatic heterocycles. The minimum Gasteiger partial charge on any atom is -0.507 e. The average Bonchev–Trinajstić information content (AvgIpc) is 3.02. The van der Waals surface area contributed by atoms with Gasteiger partial charge in [0, 0.05) is 31.5 Å².